The van der Waals surface area contributed by atoms with E-state index >= 15 is 0 Å². The summed E-state index contributed by atoms with van der Waals surface area (Å²) in [5.41, 5.74) is 0. The van der Waals surface area contributed by atoms with Crippen molar-refractivity contribution in [1.29, 1.82) is 0 Å². The lowest BCUT2D eigenvalue weighted by Crippen LogP contribution is -2.28. The Morgan fingerprint density at radius 2 is 1.67 bits per heavy atom. The molecular formula is C21H36ClNO6S. The topological polar surface area (TPSA) is 106 Å². The number of ether oxygens (including phenoxy) is 1. The van der Waals surface area contributed by atoms with Crippen LogP contribution in [-0.4, -0.2) is 31.4 Å². The van der Waals surface area contributed by atoms with Gasteiger partial charge in [-0.15, -0.1) is 0 Å². The van der Waals surface area contributed by atoms with Gasteiger partial charge in [0.1, 0.15) is 5.76 Å². The summed E-state index contributed by atoms with van der Waals surface area (Å²) in [5.74, 6) is 0.0762. The van der Waals surface area contributed by atoms with E-state index in [1.54, 1.807) is 12.1 Å². The third kappa shape index (κ3) is 13.9. The maximum atomic E-state index is 12.0. The minimum absolute atomic E-state index is 0.0858. The molecule has 1 atom stereocenters. The lowest BCUT2D eigenvalue weighted by atomic mass is 10.0. The minimum atomic E-state index is -4.04. The molecule has 1 rings (SSSR count). The SMILES string of the molecule is CCCCCCCCCCCCC(OC(=O)NCCCS(=O)(=O)O)c1ccc(Cl)o1. The molecule has 0 spiro atoms. The Bertz CT molecular complexity index is 691. The van der Waals surface area contributed by atoms with Crippen LogP contribution in [0.5, 0.6) is 0 Å². The van der Waals surface area contributed by atoms with E-state index in [-0.39, 0.29) is 18.2 Å². The minimum Gasteiger partial charge on any atom is -0.446 e. The van der Waals surface area contributed by atoms with Crippen LogP contribution < -0.4 is 5.32 Å². The number of alkyl carbamates (subject to hydrolysis) is 1. The number of carbonyl (C=O) groups excluding carboxylic acids is 1. The van der Waals surface area contributed by atoms with Crippen molar-refractivity contribution in [2.24, 2.45) is 0 Å². The van der Waals surface area contributed by atoms with Gasteiger partial charge < -0.3 is 14.5 Å². The van der Waals surface area contributed by atoms with Gasteiger partial charge >= 0.3 is 6.09 Å². The predicted octanol–water partition coefficient (Wildman–Crippen LogP) is 6.29. The average molecular weight is 466 g/mol. The van der Waals surface area contributed by atoms with E-state index in [2.05, 4.69) is 12.2 Å². The van der Waals surface area contributed by atoms with Crippen LogP contribution in [-0.2, 0) is 14.9 Å². The molecule has 0 aliphatic carbocycles. The molecule has 0 saturated heterocycles. The first-order chi connectivity index (χ1) is 14.3. The zero-order valence-corrected chi connectivity index (χ0v) is 19.5. The number of hydrogen-bond donors (Lipinski definition) is 2. The highest BCUT2D eigenvalue weighted by Gasteiger charge is 2.20. The second kappa shape index (κ2) is 15.5. The fourth-order valence-electron chi connectivity index (χ4n) is 3.19. The van der Waals surface area contributed by atoms with E-state index < -0.39 is 28.1 Å². The fraction of sp³-hybridized carbons (Fsp3) is 0.762. The number of halogens is 1. The molecule has 0 aliphatic heterocycles. The Kier molecular flexibility index (Phi) is 13.9. The summed E-state index contributed by atoms with van der Waals surface area (Å²) in [5, 5.41) is 2.72. The van der Waals surface area contributed by atoms with Crippen molar-refractivity contribution in [2.45, 2.75) is 90.1 Å². The van der Waals surface area contributed by atoms with Crippen LogP contribution in [0.3, 0.4) is 0 Å². The monoisotopic (exact) mass is 465 g/mol. The van der Waals surface area contributed by atoms with Gasteiger partial charge in [0, 0.05) is 6.54 Å². The van der Waals surface area contributed by atoms with Crippen LogP contribution in [0.2, 0.25) is 5.22 Å². The van der Waals surface area contributed by atoms with Gasteiger partial charge in [-0.25, -0.2) is 4.79 Å². The standard InChI is InChI=1S/C21H36ClNO6S/c1-2-3-4-5-6-7-8-9-10-11-13-18(19-14-15-20(22)28-19)29-21(24)23-16-12-17-30(25,26)27/h14-15,18H,2-13,16-17H2,1H3,(H,23,24)(H,25,26,27). The van der Waals surface area contributed by atoms with Crippen LogP contribution in [0.1, 0.15) is 95.8 Å². The molecule has 1 amide bonds. The summed E-state index contributed by atoms with van der Waals surface area (Å²) in [6, 6.07) is 3.30. The van der Waals surface area contributed by atoms with Crippen LogP contribution in [0.4, 0.5) is 4.79 Å². The number of rotatable bonds is 17. The third-order valence-electron chi connectivity index (χ3n) is 4.83. The van der Waals surface area contributed by atoms with Crippen molar-refractivity contribution in [2.75, 3.05) is 12.3 Å². The van der Waals surface area contributed by atoms with Crippen molar-refractivity contribution in [1.82, 2.24) is 5.32 Å². The average Bonchev–Trinajstić information content (AvgIpc) is 3.11. The maximum Gasteiger partial charge on any atom is 0.407 e. The van der Waals surface area contributed by atoms with Gasteiger partial charge in [0.25, 0.3) is 10.1 Å². The molecule has 0 fully saturated rings. The first-order valence-corrected chi connectivity index (χ1v) is 13.0. The van der Waals surface area contributed by atoms with E-state index in [0.29, 0.717) is 12.2 Å². The molecule has 1 aromatic rings. The number of furan rings is 1. The second-order valence-electron chi connectivity index (χ2n) is 7.57. The van der Waals surface area contributed by atoms with Crippen LogP contribution in [0.25, 0.3) is 0 Å². The summed E-state index contributed by atoms with van der Waals surface area (Å²) in [4.78, 5) is 12.0. The molecule has 0 radical (unpaired) electrons. The number of nitrogens with one attached hydrogen (secondary N) is 1. The Morgan fingerprint density at radius 1 is 1.07 bits per heavy atom. The van der Waals surface area contributed by atoms with Crippen LogP contribution in [0.15, 0.2) is 16.5 Å². The normalized spacial score (nSPS) is 12.6. The summed E-state index contributed by atoms with van der Waals surface area (Å²) in [6.07, 6.45) is 11.7. The second-order valence-corrected chi connectivity index (χ2v) is 9.52. The van der Waals surface area contributed by atoms with E-state index in [1.807, 2.05) is 0 Å². The number of unbranched alkanes of at least 4 members (excludes halogenated alkanes) is 9. The largest absolute Gasteiger partial charge is 0.446 e. The molecule has 1 heterocycles. The van der Waals surface area contributed by atoms with Gasteiger partial charge in [-0.05, 0) is 43.0 Å². The van der Waals surface area contributed by atoms with Crippen molar-refractivity contribution in [3.05, 3.63) is 23.1 Å². The quantitative estimate of drug-likeness (QED) is 0.207. The van der Waals surface area contributed by atoms with E-state index in [1.165, 1.54) is 44.9 Å². The third-order valence-corrected chi connectivity index (χ3v) is 5.84. The van der Waals surface area contributed by atoms with Gasteiger partial charge in [0.15, 0.2) is 11.3 Å². The molecule has 0 aliphatic rings. The molecule has 1 aromatic heterocycles. The fourth-order valence-corrected chi connectivity index (χ4v) is 3.85. The van der Waals surface area contributed by atoms with Crippen LogP contribution in [0, 0.1) is 0 Å². The van der Waals surface area contributed by atoms with Gasteiger partial charge in [-0.3, -0.25) is 4.55 Å². The molecule has 30 heavy (non-hydrogen) atoms. The highest BCUT2D eigenvalue weighted by Crippen LogP contribution is 2.28. The van der Waals surface area contributed by atoms with E-state index in [4.69, 9.17) is 25.3 Å². The summed E-state index contributed by atoms with van der Waals surface area (Å²) in [6.45, 7) is 2.31. The molecule has 9 heteroatoms. The first-order valence-electron chi connectivity index (χ1n) is 11.0. The van der Waals surface area contributed by atoms with Gasteiger partial charge in [0.2, 0.25) is 0 Å². The molecular weight excluding hydrogens is 430 g/mol. The predicted molar refractivity (Wildman–Crippen MR) is 118 cm³/mol. The highest BCUT2D eigenvalue weighted by atomic mass is 35.5. The molecule has 0 bridgehead atoms. The number of amides is 1. The maximum absolute atomic E-state index is 12.0. The summed E-state index contributed by atoms with van der Waals surface area (Å²) < 4.78 is 41.0. The smallest absolute Gasteiger partial charge is 0.407 e. The highest BCUT2D eigenvalue weighted by molar-refractivity contribution is 7.85. The van der Waals surface area contributed by atoms with Crippen molar-refractivity contribution < 1.29 is 26.9 Å². The molecule has 2 N–H and O–H groups in total. The van der Waals surface area contributed by atoms with Gasteiger partial charge in [-0.1, -0.05) is 64.7 Å². The zero-order chi connectivity index (χ0) is 22.2. The Hall–Kier alpha value is -1.25. The first kappa shape index (κ1) is 26.8. The summed E-state index contributed by atoms with van der Waals surface area (Å²) >= 11 is 5.85. The molecule has 7 nitrogen and oxygen atoms in total. The van der Waals surface area contributed by atoms with Gasteiger partial charge in [0.05, 0.1) is 5.75 Å². The Labute approximate surface area is 185 Å². The summed E-state index contributed by atoms with van der Waals surface area (Å²) in [7, 11) is -4.04. The van der Waals surface area contributed by atoms with E-state index in [0.717, 1.165) is 19.3 Å². The lowest BCUT2D eigenvalue weighted by Gasteiger charge is -2.16. The zero-order valence-electron chi connectivity index (χ0n) is 17.9. The Morgan fingerprint density at radius 3 is 2.20 bits per heavy atom. The van der Waals surface area contributed by atoms with Gasteiger partial charge in [-0.2, -0.15) is 8.42 Å². The lowest BCUT2D eigenvalue weighted by molar-refractivity contribution is 0.0778. The van der Waals surface area contributed by atoms with Crippen LogP contribution >= 0.6 is 11.6 Å². The molecule has 174 valence electrons. The molecule has 0 saturated carbocycles. The number of carbonyl (C=O) groups is 1. The van der Waals surface area contributed by atoms with Crippen molar-refractivity contribution in [3.63, 3.8) is 0 Å². The molecule has 0 aromatic carbocycles. The molecule has 1 unspecified atom stereocenters. The van der Waals surface area contributed by atoms with Crippen molar-refractivity contribution >= 4 is 27.8 Å². The Balaban J connectivity index is 2.29. The van der Waals surface area contributed by atoms with Crippen molar-refractivity contribution in [3.8, 4) is 0 Å². The number of hydrogen-bond acceptors (Lipinski definition) is 5. The van der Waals surface area contributed by atoms with E-state index in [9.17, 15) is 13.2 Å².